The number of ether oxygens (including phenoxy) is 1. The number of hydrogen-bond acceptors (Lipinski definition) is 4. The van der Waals surface area contributed by atoms with Crippen molar-refractivity contribution in [2.45, 2.75) is 12.1 Å². The Labute approximate surface area is 206 Å². The van der Waals surface area contributed by atoms with Crippen molar-refractivity contribution in [3.63, 3.8) is 0 Å². The first-order valence-corrected chi connectivity index (χ1v) is 11.4. The van der Waals surface area contributed by atoms with Crippen LogP contribution >= 0.6 is 35.4 Å². The van der Waals surface area contributed by atoms with Gasteiger partial charge in [-0.15, -0.1) is 0 Å². The number of methoxy groups -OCH3 is 1. The molecule has 33 heavy (non-hydrogen) atoms. The monoisotopic (exact) mass is 495 g/mol. The molecule has 0 aliphatic carbocycles. The molecule has 1 aliphatic heterocycles. The molecule has 0 radical (unpaired) electrons. The summed E-state index contributed by atoms with van der Waals surface area (Å²) in [6.45, 7) is 0. The van der Waals surface area contributed by atoms with Crippen LogP contribution in [0, 0.1) is 0 Å². The molecule has 0 spiro atoms. The Balaban J connectivity index is 1.61. The van der Waals surface area contributed by atoms with Gasteiger partial charge in [0.15, 0.2) is 5.11 Å². The molecule has 1 saturated heterocycles. The van der Waals surface area contributed by atoms with Gasteiger partial charge in [0.2, 0.25) is 0 Å². The standard InChI is InChI=1S/C25H19Cl2N3O2S/c1-31-17-6-4-5-16(14-17)30-24(23(29-25(30)33)20-7-2-3-12-28-20)22-11-10-21(32-22)18-9-8-15(26)13-19(18)27/h2-14,23-24H,1H3,(H,29,33)/t23-,24+/m1/s1. The summed E-state index contributed by atoms with van der Waals surface area (Å²) in [6, 6.07) is 22.3. The van der Waals surface area contributed by atoms with E-state index in [1.54, 1.807) is 25.4 Å². The molecular weight excluding hydrogens is 477 g/mol. The van der Waals surface area contributed by atoms with E-state index in [2.05, 4.69) is 10.3 Å². The van der Waals surface area contributed by atoms with Gasteiger partial charge >= 0.3 is 0 Å². The van der Waals surface area contributed by atoms with Crippen molar-refractivity contribution >= 4 is 46.2 Å². The van der Waals surface area contributed by atoms with Crippen molar-refractivity contribution in [1.29, 1.82) is 0 Å². The van der Waals surface area contributed by atoms with Crippen LogP contribution < -0.4 is 15.0 Å². The maximum absolute atomic E-state index is 6.43. The molecule has 0 amide bonds. The molecule has 166 valence electrons. The Kier molecular flexibility index (Phi) is 5.98. The SMILES string of the molecule is COc1cccc(N2C(=S)N[C@H](c3ccccn3)[C@@H]2c2ccc(-c3ccc(Cl)cc3Cl)o2)c1. The topological polar surface area (TPSA) is 50.5 Å². The Hall–Kier alpha value is -3.06. The smallest absolute Gasteiger partial charge is 0.174 e. The fourth-order valence-electron chi connectivity index (χ4n) is 4.03. The van der Waals surface area contributed by atoms with E-state index in [9.17, 15) is 0 Å². The maximum Gasteiger partial charge on any atom is 0.174 e. The van der Waals surface area contributed by atoms with Crippen LogP contribution in [0.3, 0.4) is 0 Å². The van der Waals surface area contributed by atoms with Crippen LogP contribution in [-0.4, -0.2) is 17.2 Å². The summed E-state index contributed by atoms with van der Waals surface area (Å²) >= 11 is 18.3. The van der Waals surface area contributed by atoms with E-state index in [1.807, 2.05) is 65.6 Å². The number of furan rings is 1. The number of aromatic nitrogens is 1. The van der Waals surface area contributed by atoms with Crippen molar-refractivity contribution in [2.75, 3.05) is 12.0 Å². The minimum absolute atomic E-state index is 0.218. The first-order valence-electron chi connectivity index (χ1n) is 10.2. The van der Waals surface area contributed by atoms with E-state index in [1.165, 1.54) is 0 Å². The summed E-state index contributed by atoms with van der Waals surface area (Å²) in [5, 5.41) is 5.09. The summed E-state index contributed by atoms with van der Waals surface area (Å²) in [6.07, 6.45) is 1.77. The second kappa shape index (κ2) is 9.06. The van der Waals surface area contributed by atoms with Gasteiger partial charge in [0, 0.05) is 28.5 Å². The highest BCUT2D eigenvalue weighted by Gasteiger charge is 2.42. The third-order valence-corrected chi connectivity index (χ3v) is 6.41. The Morgan fingerprint density at radius 1 is 1.03 bits per heavy atom. The van der Waals surface area contributed by atoms with Crippen LogP contribution in [0.4, 0.5) is 5.69 Å². The van der Waals surface area contributed by atoms with Gasteiger partial charge in [0.05, 0.1) is 23.9 Å². The largest absolute Gasteiger partial charge is 0.497 e. The van der Waals surface area contributed by atoms with E-state index in [-0.39, 0.29) is 12.1 Å². The van der Waals surface area contributed by atoms with Gasteiger partial charge < -0.3 is 19.4 Å². The van der Waals surface area contributed by atoms with E-state index >= 15 is 0 Å². The molecule has 0 unspecified atom stereocenters. The van der Waals surface area contributed by atoms with Crippen molar-refractivity contribution in [3.8, 4) is 17.1 Å². The lowest BCUT2D eigenvalue weighted by atomic mass is 10.0. The normalized spacial score (nSPS) is 17.8. The third kappa shape index (κ3) is 4.17. The van der Waals surface area contributed by atoms with Gasteiger partial charge in [-0.05, 0) is 66.8 Å². The predicted molar refractivity (Wildman–Crippen MR) is 135 cm³/mol. The first kappa shape index (κ1) is 21.8. The molecule has 1 aliphatic rings. The molecule has 2 aromatic carbocycles. The van der Waals surface area contributed by atoms with Gasteiger partial charge in [0.25, 0.3) is 0 Å². The molecule has 4 aromatic rings. The highest BCUT2D eigenvalue weighted by atomic mass is 35.5. The summed E-state index contributed by atoms with van der Waals surface area (Å²) in [4.78, 5) is 6.60. The van der Waals surface area contributed by atoms with Crippen molar-refractivity contribution < 1.29 is 9.15 Å². The van der Waals surface area contributed by atoms with Crippen LogP contribution in [0.25, 0.3) is 11.3 Å². The highest BCUT2D eigenvalue weighted by molar-refractivity contribution is 7.80. The Morgan fingerprint density at radius 2 is 1.91 bits per heavy atom. The fourth-order valence-corrected chi connectivity index (χ4v) is 4.88. The summed E-state index contributed by atoms with van der Waals surface area (Å²) in [5.41, 5.74) is 2.51. The number of nitrogens with zero attached hydrogens (tertiary/aromatic N) is 2. The summed E-state index contributed by atoms with van der Waals surface area (Å²) in [7, 11) is 1.64. The number of halogens is 2. The second-order valence-electron chi connectivity index (χ2n) is 7.52. The lowest BCUT2D eigenvalue weighted by Gasteiger charge is -2.26. The molecule has 5 nitrogen and oxygen atoms in total. The molecule has 8 heteroatoms. The van der Waals surface area contributed by atoms with Crippen LogP contribution in [-0.2, 0) is 0 Å². The van der Waals surface area contributed by atoms with Crippen molar-refractivity contribution in [2.24, 2.45) is 0 Å². The van der Waals surface area contributed by atoms with E-state index in [0.717, 1.165) is 28.5 Å². The van der Waals surface area contributed by atoms with Gasteiger partial charge in [-0.3, -0.25) is 4.98 Å². The highest BCUT2D eigenvalue weighted by Crippen LogP contribution is 2.44. The number of pyridine rings is 1. The van der Waals surface area contributed by atoms with Crippen molar-refractivity contribution in [3.05, 3.63) is 100 Å². The molecular formula is C25H19Cl2N3O2S. The molecule has 2 atom stereocenters. The zero-order chi connectivity index (χ0) is 22.9. The van der Waals surface area contributed by atoms with Crippen LogP contribution in [0.15, 0.2) is 83.4 Å². The molecule has 3 heterocycles. The molecule has 5 rings (SSSR count). The number of nitrogens with one attached hydrogen (secondary N) is 1. The third-order valence-electron chi connectivity index (χ3n) is 5.54. The molecule has 2 aromatic heterocycles. The maximum atomic E-state index is 6.43. The second-order valence-corrected chi connectivity index (χ2v) is 8.75. The quantitative estimate of drug-likeness (QED) is 0.306. The summed E-state index contributed by atoms with van der Waals surface area (Å²) < 4.78 is 11.8. The lowest BCUT2D eigenvalue weighted by molar-refractivity contribution is 0.414. The minimum Gasteiger partial charge on any atom is -0.497 e. The first-order chi connectivity index (χ1) is 16.0. The lowest BCUT2D eigenvalue weighted by Crippen LogP contribution is -2.29. The predicted octanol–water partition coefficient (Wildman–Crippen LogP) is 6.83. The van der Waals surface area contributed by atoms with E-state index in [0.29, 0.717) is 20.9 Å². The molecule has 0 bridgehead atoms. The van der Waals surface area contributed by atoms with Gasteiger partial charge in [-0.25, -0.2) is 0 Å². The van der Waals surface area contributed by atoms with Gasteiger partial charge in [-0.1, -0.05) is 35.3 Å². The molecule has 1 fully saturated rings. The van der Waals surface area contributed by atoms with Crippen LogP contribution in [0.2, 0.25) is 10.0 Å². The summed E-state index contributed by atoms with van der Waals surface area (Å²) in [5.74, 6) is 2.11. The number of hydrogen-bond donors (Lipinski definition) is 1. The Morgan fingerprint density at radius 3 is 2.67 bits per heavy atom. The van der Waals surface area contributed by atoms with Crippen LogP contribution in [0.5, 0.6) is 5.75 Å². The van der Waals surface area contributed by atoms with Gasteiger partial charge in [-0.2, -0.15) is 0 Å². The minimum atomic E-state index is -0.278. The number of benzene rings is 2. The van der Waals surface area contributed by atoms with E-state index < -0.39 is 0 Å². The fraction of sp³-hybridized carbons (Fsp3) is 0.120. The Bertz CT molecular complexity index is 1310. The van der Waals surface area contributed by atoms with Gasteiger partial charge in [0.1, 0.15) is 23.3 Å². The van der Waals surface area contributed by atoms with Crippen molar-refractivity contribution in [1.82, 2.24) is 10.3 Å². The zero-order valence-corrected chi connectivity index (χ0v) is 19.9. The van der Waals surface area contributed by atoms with Crippen LogP contribution in [0.1, 0.15) is 23.5 Å². The molecule has 1 N–H and O–H groups in total. The average Bonchev–Trinajstić information content (AvgIpc) is 3.44. The number of anilines is 1. The number of thiocarbonyl (C=S) groups is 1. The van der Waals surface area contributed by atoms with E-state index in [4.69, 9.17) is 44.6 Å². The molecule has 0 saturated carbocycles. The zero-order valence-electron chi connectivity index (χ0n) is 17.5. The number of rotatable bonds is 5. The average molecular weight is 496 g/mol.